The summed E-state index contributed by atoms with van der Waals surface area (Å²) >= 11 is 3.82. The molecule has 7 heteroatoms. The highest BCUT2D eigenvalue weighted by molar-refractivity contribution is 14.1. The van der Waals surface area contributed by atoms with Crippen molar-refractivity contribution >= 4 is 45.1 Å². The minimum absolute atomic E-state index is 0.141. The van der Waals surface area contributed by atoms with Gasteiger partial charge in [-0.05, 0) is 85.0 Å². The number of rotatable bonds is 3. The Balaban J connectivity index is 1.72. The Morgan fingerprint density at radius 1 is 1.30 bits per heavy atom. The van der Waals surface area contributed by atoms with Crippen molar-refractivity contribution in [2.75, 3.05) is 0 Å². The van der Waals surface area contributed by atoms with E-state index in [9.17, 15) is 10.1 Å². The second-order valence-electron chi connectivity index (χ2n) is 6.53. The minimum atomic E-state index is -0.141. The Morgan fingerprint density at radius 3 is 2.78 bits per heavy atom. The Morgan fingerprint density at radius 2 is 2.04 bits per heavy atom. The summed E-state index contributed by atoms with van der Waals surface area (Å²) in [6, 6.07) is 10.0. The second kappa shape index (κ2) is 7.44. The average Bonchev–Trinajstić information content (AvgIpc) is 3.17. The summed E-state index contributed by atoms with van der Waals surface area (Å²) in [6.07, 6.45) is 5.86. The second-order valence-corrected chi connectivity index (χ2v) is 8.86. The van der Waals surface area contributed by atoms with E-state index < -0.39 is 0 Å². The van der Waals surface area contributed by atoms with Crippen LogP contribution in [-0.2, 0) is 12.8 Å². The van der Waals surface area contributed by atoms with Crippen molar-refractivity contribution in [1.82, 2.24) is 9.78 Å². The molecule has 27 heavy (non-hydrogen) atoms. The van der Waals surface area contributed by atoms with Crippen molar-refractivity contribution in [2.24, 2.45) is 4.99 Å². The molecule has 2 heterocycles. The first kappa shape index (κ1) is 18.2. The molecule has 0 saturated carbocycles. The van der Waals surface area contributed by atoms with Crippen LogP contribution in [0.4, 0.5) is 5.00 Å². The van der Waals surface area contributed by atoms with Crippen LogP contribution in [0.15, 0.2) is 34.1 Å². The number of nitrogens with zero attached hydrogens (tertiary/aromatic N) is 3. The van der Waals surface area contributed by atoms with Crippen LogP contribution in [0, 0.1) is 21.8 Å². The number of aromatic nitrogens is 2. The molecule has 0 atom stereocenters. The first-order valence-electron chi connectivity index (χ1n) is 8.74. The lowest BCUT2D eigenvalue weighted by atomic mass is 9.96. The van der Waals surface area contributed by atoms with Gasteiger partial charge in [0.05, 0.1) is 16.8 Å². The molecular formula is C20H17IN4OS. The topological polar surface area (TPSA) is 73.9 Å². The standard InChI is InChI=1S/C20H17IN4OS/c1-12-17(20(26)25(24-12)14-8-6-13(21)7-9-14)11-23-19-16(10-22)15-4-2-3-5-18(15)27-19/h6-9,11,24H,2-5H2,1H3. The smallest absolute Gasteiger partial charge is 0.280 e. The molecule has 4 rings (SSSR count). The molecule has 1 aliphatic carbocycles. The van der Waals surface area contributed by atoms with Gasteiger partial charge in [0, 0.05) is 20.4 Å². The summed E-state index contributed by atoms with van der Waals surface area (Å²) in [5.74, 6) is 0. The van der Waals surface area contributed by atoms with Crippen LogP contribution in [0.2, 0.25) is 0 Å². The number of aliphatic imine (C=N–C) groups is 1. The predicted octanol–water partition coefficient (Wildman–Crippen LogP) is 4.64. The Hall–Kier alpha value is -2.18. The third kappa shape index (κ3) is 3.39. The molecule has 0 saturated heterocycles. The quantitative estimate of drug-likeness (QED) is 0.431. The Labute approximate surface area is 174 Å². The molecule has 1 aromatic carbocycles. The van der Waals surface area contributed by atoms with Crippen molar-refractivity contribution in [3.05, 3.63) is 65.5 Å². The first-order chi connectivity index (χ1) is 13.1. The number of nitrogens with one attached hydrogen (secondary N) is 1. The summed E-state index contributed by atoms with van der Waals surface area (Å²) in [7, 11) is 0. The monoisotopic (exact) mass is 488 g/mol. The van der Waals surface area contributed by atoms with Gasteiger partial charge in [0.2, 0.25) is 0 Å². The number of aryl methyl sites for hydroxylation is 2. The number of halogens is 1. The first-order valence-corrected chi connectivity index (χ1v) is 10.6. The molecule has 1 aliphatic rings. The number of benzene rings is 1. The summed E-state index contributed by atoms with van der Waals surface area (Å²) in [4.78, 5) is 18.6. The summed E-state index contributed by atoms with van der Waals surface area (Å²) in [5.41, 5.74) is 3.75. The number of hydrogen-bond acceptors (Lipinski definition) is 4. The third-order valence-electron chi connectivity index (χ3n) is 4.78. The molecular weight excluding hydrogens is 471 g/mol. The van der Waals surface area contributed by atoms with Crippen LogP contribution in [0.25, 0.3) is 5.69 Å². The highest BCUT2D eigenvalue weighted by Gasteiger charge is 2.20. The number of aromatic amines is 1. The maximum Gasteiger partial charge on any atom is 0.280 e. The van der Waals surface area contributed by atoms with Gasteiger partial charge >= 0.3 is 0 Å². The molecule has 0 spiro atoms. The number of hydrogen-bond donors (Lipinski definition) is 1. The summed E-state index contributed by atoms with van der Waals surface area (Å²) < 4.78 is 2.64. The van der Waals surface area contributed by atoms with Crippen molar-refractivity contribution in [3.8, 4) is 11.8 Å². The van der Waals surface area contributed by atoms with Gasteiger partial charge in [0.1, 0.15) is 11.1 Å². The SMILES string of the molecule is Cc1[nH]n(-c2ccc(I)cc2)c(=O)c1C=Nc1sc2c(c1C#N)CCCC2. The van der Waals surface area contributed by atoms with Crippen LogP contribution in [-0.4, -0.2) is 16.0 Å². The van der Waals surface area contributed by atoms with Gasteiger partial charge in [-0.15, -0.1) is 11.3 Å². The summed E-state index contributed by atoms with van der Waals surface area (Å²) in [5, 5.41) is 13.4. The van der Waals surface area contributed by atoms with Crippen LogP contribution < -0.4 is 5.56 Å². The molecule has 1 N–H and O–H groups in total. The van der Waals surface area contributed by atoms with E-state index in [1.165, 1.54) is 16.0 Å². The van der Waals surface area contributed by atoms with E-state index in [0.717, 1.165) is 39.8 Å². The maximum atomic E-state index is 12.8. The third-order valence-corrected chi connectivity index (χ3v) is 6.70. The van der Waals surface area contributed by atoms with Crippen molar-refractivity contribution < 1.29 is 0 Å². The van der Waals surface area contributed by atoms with Gasteiger partial charge in [-0.1, -0.05) is 0 Å². The molecule has 136 valence electrons. The lowest BCUT2D eigenvalue weighted by molar-refractivity contribution is 0.696. The molecule has 3 aromatic rings. The van der Waals surface area contributed by atoms with Crippen LogP contribution >= 0.6 is 33.9 Å². The van der Waals surface area contributed by atoms with Gasteiger partial charge in [-0.2, -0.15) is 5.26 Å². The Bertz CT molecular complexity index is 1130. The van der Waals surface area contributed by atoms with Crippen molar-refractivity contribution in [2.45, 2.75) is 32.6 Å². The maximum absolute atomic E-state index is 12.8. The largest absolute Gasteiger partial charge is 0.295 e. The van der Waals surface area contributed by atoms with Crippen LogP contribution in [0.3, 0.4) is 0 Å². The predicted molar refractivity (Wildman–Crippen MR) is 117 cm³/mol. The molecule has 0 amide bonds. The summed E-state index contributed by atoms with van der Waals surface area (Å²) in [6.45, 7) is 1.86. The molecule has 5 nitrogen and oxygen atoms in total. The van der Waals surface area contributed by atoms with E-state index in [0.29, 0.717) is 16.1 Å². The molecule has 0 aliphatic heterocycles. The number of nitriles is 1. The van der Waals surface area contributed by atoms with Gasteiger partial charge in [0.25, 0.3) is 5.56 Å². The van der Waals surface area contributed by atoms with Crippen molar-refractivity contribution in [3.63, 3.8) is 0 Å². The molecule has 2 aromatic heterocycles. The Kier molecular flexibility index (Phi) is 5.02. The van der Waals surface area contributed by atoms with E-state index >= 15 is 0 Å². The van der Waals surface area contributed by atoms with Gasteiger partial charge in [-0.3, -0.25) is 9.89 Å². The molecule has 0 fully saturated rings. The van der Waals surface area contributed by atoms with E-state index in [1.54, 1.807) is 17.6 Å². The minimum Gasteiger partial charge on any atom is -0.295 e. The fourth-order valence-electron chi connectivity index (χ4n) is 3.36. The molecule has 0 unspecified atom stereocenters. The van der Waals surface area contributed by atoms with E-state index in [2.05, 4.69) is 38.8 Å². The van der Waals surface area contributed by atoms with E-state index in [-0.39, 0.29) is 5.56 Å². The number of H-pyrrole nitrogens is 1. The highest BCUT2D eigenvalue weighted by atomic mass is 127. The van der Waals surface area contributed by atoms with Gasteiger partial charge in [-0.25, -0.2) is 9.67 Å². The zero-order chi connectivity index (χ0) is 19.0. The fraction of sp³-hybridized carbons (Fsp3) is 0.250. The normalized spacial score (nSPS) is 13.7. The van der Waals surface area contributed by atoms with Gasteiger partial charge in [0.15, 0.2) is 0 Å². The molecule has 0 bridgehead atoms. The van der Waals surface area contributed by atoms with Crippen molar-refractivity contribution in [1.29, 1.82) is 5.26 Å². The number of thiophene rings is 1. The fourth-order valence-corrected chi connectivity index (χ4v) is 4.91. The lowest BCUT2D eigenvalue weighted by Crippen LogP contribution is -2.17. The zero-order valence-corrected chi connectivity index (χ0v) is 17.7. The highest BCUT2D eigenvalue weighted by Crippen LogP contribution is 2.39. The molecule has 0 radical (unpaired) electrons. The number of fused-ring (bicyclic) bond motifs is 1. The van der Waals surface area contributed by atoms with Gasteiger partial charge < -0.3 is 0 Å². The van der Waals surface area contributed by atoms with Crippen LogP contribution in [0.5, 0.6) is 0 Å². The van der Waals surface area contributed by atoms with E-state index in [4.69, 9.17) is 0 Å². The van der Waals surface area contributed by atoms with E-state index in [1.807, 2.05) is 31.2 Å². The van der Waals surface area contributed by atoms with Crippen LogP contribution in [0.1, 0.15) is 40.1 Å². The average molecular weight is 488 g/mol. The lowest BCUT2D eigenvalue weighted by Gasteiger charge is -2.09. The zero-order valence-electron chi connectivity index (χ0n) is 14.8.